The summed E-state index contributed by atoms with van der Waals surface area (Å²) in [6.45, 7) is 0.104. The number of carboxylic acids is 1. The largest absolute Gasteiger partial charge is 0.545 e. The Balaban J connectivity index is 2.58. The summed E-state index contributed by atoms with van der Waals surface area (Å²) in [5, 5.41) is 33.5. The first-order valence-corrected chi connectivity index (χ1v) is 5.74. The van der Waals surface area contributed by atoms with E-state index in [1.54, 1.807) is 7.05 Å². The molecule has 104 valence electrons. The van der Waals surface area contributed by atoms with Crippen LogP contribution in [0.1, 0.15) is 12.8 Å². The van der Waals surface area contributed by atoms with Gasteiger partial charge in [-0.2, -0.15) is 0 Å². The molecule has 0 amide bonds. The summed E-state index contributed by atoms with van der Waals surface area (Å²) >= 11 is 0. The number of carbonyl (C=O) groups excluding carboxylic acids is 1. The summed E-state index contributed by atoms with van der Waals surface area (Å²) in [5.41, 5.74) is -3.63. The number of fused-ring (bicyclic) bond motifs is 2. The lowest BCUT2D eigenvalue weighted by atomic mass is 9.69. The molecule has 1 N–H and O–H groups in total. The van der Waals surface area contributed by atoms with Crippen LogP contribution in [-0.2, 0) is 4.79 Å². The van der Waals surface area contributed by atoms with Crippen molar-refractivity contribution >= 4 is 5.97 Å². The Morgan fingerprint density at radius 1 is 1.32 bits per heavy atom. The Hall–Kier alpha value is -2.03. The number of rotatable bonds is 3. The van der Waals surface area contributed by atoms with E-state index >= 15 is 0 Å². The van der Waals surface area contributed by atoms with Crippen molar-refractivity contribution in [2.24, 2.45) is 0 Å². The van der Waals surface area contributed by atoms with Crippen molar-refractivity contribution in [1.82, 2.24) is 0 Å². The summed E-state index contributed by atoms with van der Waals surface area (Å²) in [5.74, 6) is -1.57. The molecule has 2 aliphatic rings. The molecule has 0 spiro atoms. The van der Waals surface area contributed by atoms with Crippen molar-refractivity contribution in [3.05, 3.63) is 31.9 Å². The van der Waals surface area contributed by atoms with Crippen LogP contribution in [0.25, 0.3) is 0 Å². The molecule has 0 aromatic carbocycles. The Morgan fingerprint density at radius 3 is 2.42 bits per heavy atom. The molecule has 0 aromatic heterocycles. The van der Waals surface area contributed by atoms with Gasteiger partial charge in [0.2, 0.25) is 0 Å². The highest BCUT2D eigenvalue weighted by atomic mass is 16.6. The van der Waals surface area contributed by atoms with Crippen molar-refractivity contribution in [2.75, 3.05) is 20.1 Å². The van der Waals surface area contributed by atoms with Crippen LogP contribution in [0.2, 0.25) is 0 Å². The minimum Gasteiger partial charge on any atom is -0.545 e. The van der Waals surface area contributed by atoms with Crippen LogP contribution in [0.3, 0.4) is 0 Å². The minimum atomic E-state index is -1.69. The number of likely N-dealkylation sites (N-methyl/N-ethyl adjacent to an activating group) is 1. The number of hydrogen-bond acceptors (Lipinski definition) is 6. The third kappa shape index (κ3) is 1.95. The molecule has 0 radical (unpaired) electrons. The average molecular weight is 271 g/mol. The monoisotopic (exact) mass is 271 g/mol. The Morgan fingerprint density at radius 2 is 1.95 bits per heavy atom. The smallest absolute Gasteiger partial charge is 0.295 e. The van der Waals surface area contributed by atoms with Crippen molar-refractivity contribution in [3.63, 3.8) is 0 Å². The number of carbonyl (C=O) groups is 1. The van der Waals surface area contributed by atoms with Gasteiger partial charge in [-0.15, -0.1) is 0 Å². The molecule has 1 fully saturated rings. The lowest BCUT2D eigenvalue weighted by Crippen LogP contribution is -3.15. The number of nitrogens with one attached hydrogen (secondary N) is 1. The molecule has 9 nitrogen and oxygen atoms in total. The van der Waals surface area contributed by atoms with Crippen LogP contribution in [0.5, 0.6) is 0 Å². The van der Waals surface area contributed by atoms with E-state index in [4.69, 9.17) is 0 Å². The highest BCUT2D eigenvalue weighted by Crippen LogP contribution is 2.39. The predicted octanol–water partition coefficient (Wildman–Crippen LogP) is -2.98. The van der Waals surface area contributed by atoms with Gasteiger partial charge in [0.1, 0.15) is 13.0 Å². The van der Waals surface area contributed by atoms with Crippen LogP contribution in [0, 0.1) is 20.2 Å². The molecule has 0 aromatic rings. The van der Waals surface area contributed by atoms with Crippen LogP contribution >= 0.6 is 0 Å². The SMILES string of the molecule is C[NH+]1C[C@@]2([N+](=O)[O-])C=C(C(=O)[O-])C[C@@]([N+](=O)[O-])(C1)C2. The quantitative estimate of drug-likeness (QED) is 0.430. The molecule has 2 bridgehead atoms. The minimum absolute atomic E-state index is 0.0341. The first-order chi connectivity index (χ1) is 8.71. The van der Waals surface area contributed by atoms with E-state index in [1.807, 2.05) is 0 Å². The van der Waals surface area contributed by atoms with Crippen molar-refractivity contribution < 1.29 is 24.6 Å². The van der Waals surface area contributed by atoms with Crippen LogP contribution < -0.4 is 10.0 Å². The number of aliphatic carboxylic acids is 1. The van der Waals surface area contributed by atoms with Gasteiger partial charge in [0.25, 0.3) is 11.1 Å². The summed E-state index contributed by atoms with van der Waals surface area (Å²) in [6.07, 6.45) is 0.441. The van der Waals surface area contributed by atoms with Gasteiger partial charge in [-0.1, -0.05) is 0 Å². The summed E-state index contributed by atoms with van der Waals surface area (Å²) < 4.78 is 0. The number of quaternary nitrogens is 1. The van der Waals surface area contributed by atoms with Gasteiger partial charge in [-0.3, -0.25) is 20.2 Å². The van der Waals surface area contributed by atoms with Crippen LogP contribution in [-0.4, -0.2) is 47.0 Å². The van der Waals surface area contributed by atoms with E-state index in [0.717, 1.165) is 6.08 Å². The molecule has 1 saturated heterocycles. The lowest BCUT2D eigenvalue weighted by Gasteiger charge is -2.41. The molecule has 1 unspecified atom stereocenters. The zero-order valence-corrected chi connectivity index (χ0v) is 10.2. The fourth-order valence-corrected chi connectivity index (χ4v) is 3.31. The number of nitro groups is 2. The van der Waals surface area contributed by atoms with E-state index in [0.29, 0.717) is 4.90 Å². The van der Waals surface area contributed by atoms with E-state index < -0.39 is 26.9 Å². The fourth-order valence-electron chi connectivity index (χ4n) is 3.31. The number of likely N-dealkylation sites (tertiary alicyclic amines) is 1. The van der Waals surface area contributed by atoms with Gasteiger partial charge in [0, 0.05) is 15.9 Å². The lowest BCUT2D eigenvalue weighted by molar-refractivity contribution is -0.926. The summed E-state index contributed by atoms with van der Waals surface area (Å²) in [7, 11) is 1.63. The number of nitrogens with zero attached hydrogens (tertiary/aromatic N) is 2. The normalized spacial score (nSPS) is 37.3. The molecule has 9 heteroatoms. The Labute approximate surface area is 107 Å². The predicted molar refractivity (Wildman–Crippen MR) is 58.4 cm³/mol. The maximum Gasteiger partial charge on any atom is 0.295 e. The molecular weight excluding hydrogens is 258 g/mol. The maximum atomic E-state index is 11.3. The van der Waals surface area contributed by atoms with Crippen LogP contribution in [0.4, 0.5) is 0 Å². The second-order valence-electron chi connectivity index (χ2n) is 5.46. The first-order valence-electron chi connectivity index (χ1n) is 5.74. The summed E-state index contributed by atoms with van der Waals surface area (Å²) in [6, 6.07) is 0. The average Bonchev–Trinajstić information content (AvgIpc) is 2.26. The van der Waals surface area contributed by atoms with Gasteiger partial charge in [0.05, 0.1) is 19.4 Å². The van der Waals surface area contributed by atoms with Crippen molar-refractivity contribution in [3.8, 4) is 0 Å². The zero-order valence-electron chi connectivity index (χ0n) is 10.2. The van der Waals surface area contributed by atoms with E-state index in [2.05, 4.69) is 0 Å². The number of hydrogen-bond donors (Lipinski definition) is 1. The molecule has 19 heavy (non-hydrogen) atoms. The van der Waals surface area contributed by atoms with E-state index in [9.17, 15) is 30.1 Å². The zero-order chi connectivity index (χ0) is 14.4. The topological polar surface area (TPSA) is 131 Å². The second-order valence-corrected chi connectivity index (χ2v) is 5.46. The number of carboxylic acid groups (broad SMARTS) is 1. The van der Waals surface area contributed by atoms with E-state index in [1.165, 1.54) is 0 Å². The maximum absolute atomic E-state index is 11.3. The summed E-state index contributed by atoms with van der Waals surface area (Å²) in [4.78, 5) is 33.0. The molecular formula is C10H13N3O6. The first kappa shape index (κ1) is 13.4. The molecule has 2 rings (SSSR count). The van der Waals surface area contributed by atoms with Crippen LogP contribution in [0.15, 0.2) is 11.6 Å². The van der Waals surface area contributed by atoms with Gasteiger partial charge in [-0.05, 0) is 5.57 Å². The molecule has 3 atom stereocenters. The second kappa shape index (κ2) is 3.98. The third-order valence-electron chi connectivity index (χ3n) is 3.85. The Kier molecular flexibility index (Phi) is 2.81. The van der Waals surface area contributed by atoms with Gasteiger partial charge in [-0.25, -0.2) is 0 Å². The molecule has 1 aliphatic heterocycles. The van der Waals surface area contributed by atoms with Crippen molar-refractivity contribution in [1.29, 1.82) is 0 Å². The standard InChI is InChI=1S/C10H13N3O6/c1-11-5-9(12(16)17)2-7(8(14)15)3-10(4-9,6-11)13(18)19/h2H,3-6H2,1H3,(H,14,15)/t9-,10+/m1/s1. The Bertz CT molecular complexity index is 503. The fraction of sp³-hybridized carbons (Fsp3) is 0.700. The molecule has 1 heterocycles. The molecule has 0 saturated carbocycles. The van der Waals surface area contributed by atoms with Gasteiger partial charge < -0.3 is 14.8 Å². The van der Waals surface area contributed by atoms with Gasteiger partial charge in [0.15, 0.2) is 6.54 Å². The van der Waals surface area contributed by atoms with E-state index in [-0.39, 0.29) is 31.5 Å². The number of piperidine rings is 1. The van der Waals surface area contributed by atoms with Gasteiger partial charge >= 0.3 is 0 Å². The highest BCUT2D eigenvalue weighted by molar-refractivity contribution is 5.85. The highest BCUT2D eigenvalue weighted by Gasteiger charge is 2.66. The van der Waals surface area contributed by atoms with Crippen molar-refractivity contribution in [2.45, 2.75) is 23.9 Å². The third-order valence-corrected chi connectivity index (χ3v) is 3.85. The molecule has 1 aliphatic carbocycles.